The number of nitrogens with zero attached hydrogens (tertiary/aromatic N) is 3. The van der Waals surface area contributed by atoms with Gasteiger partial charge in [-0.1, -0.05) is 11.8 Å². The molecule has 1 aromatic carbocycles. The summed E-state index contributed by atoms with van der Waals surface area (Å²) < 4.78 is 56.6. The van der Waals surface area contributed by atoms with Gasteiger partial charge in [-0.05, 0) is 48.0 Å². The number of hydrogen-bond acceptors (Lipinski definition) is 5. The Morgan fingerprint density at radius 2 is 1.77 bits per heavy atom. The molecule has 0 amide bonds. The molecule has 0 saturated carbocycles. The first kappa shape index (κ1) is 22.2. The first-order valence-corrected chi connectivity index (χ1v) is 11.7. The minimum atomic E-state index is -4.12. The van der Waals surface area contributed by atoms with Crippen LogP contribution in [0.4, 0.5) is 14.5 Å². The maximum atomic E-state index is 15.1. The lowest BCUT2D eigenvalue weighted by molar-refractivity contribution is 0.578. The largest absolute Gasteiger partial charge is 0.346 e. The van der Waals surface area contributed by atoms with Crippen LogP contribution < -0.4 is 4.72 Å². The van der Waals surface area contributed by atoms with Crippen LogP contribution in [-0.4, -0.2) is 28.4 Å². The normalized spacial score (nSPS) is 11.1. The van der Waals surface area contributed by atoms with Gasteiger partial charge in [0.15, 0.2) is 5.82 Å². The molecule has 0 atom stereocenters. The van der Waals surface area contributed by atoms with E-state index in [1.54, 1.807) is 24.7 Å². The molecule has 2 N–H and O–H groups in total. The molecule has 0 aliphatic heterocycles. The van der Waals surface area contributed by atoms with Crippen molar-refractivity contribution in [1.29, 1.82) is 0 Å². The van der Waals surface area contributed by atoms with Gasteiger partial charge in [0.1, 0.15) is 16.4 Å². The quantitative estimate of drug-likeness (QED) is 0.364. The molecular formula is C25H15F2N5O2S. The molecular weight excluding hydrogens is 472 g/mol. The Kier molecular flexibility index (Phi) is 5.68. The number of halogens is 2. The number of hydrogen-bond donors (Lipinski definition) is 2. The molecule has 35 heavy (non-hydrogen) atoms. The zero-order valence-electron chi connectivity index (χ0n) is 17.8. The van der Waals surface area contributed by atoms with Gasteiger partial charge >= 0.3 is 0 Å². The summed E-state index contributed by atoms with van der Waals surface area (Å²) in [6.07, 6.45) is 9.16. The summed E-state index contributed by atoms with van der Waals surface area (Å²) in [5, 5.41) is 0.780. The lowest BCUT2D eigenvalue weighted by Crippen LogP contribution is -2.14. The lowest BCUT2D eigenvalue weighted by atomic mass is 10.1. The summed E-state index contributed by atoms with van der Waals surface area (Å²) in [4.78, 5) is 15.0. The van der Waals surface area contributed by atoms with E-state index in [2.05, 4.69) is 36.5 Å². The van der Waals surface area contributed by atoms with Gasteiger partial charge in [0, 0.05) is 53.7 Å². The number of anilines is 1. The van der Waals surface area contributed by atoms with Crippen LogP contribution in [0.3, 0.4) is 0 Å². The van der Waals surface area contributed by atoms with Gasteiger partial charge in [-0.15, -0.1) is 0 Å². The molecule has 0 spiro atoms. The molecule has 0 aliphatic rings. The van der Waals surface area contributed by atoms with E-state index in [0.717, 1.165) is 34.8 Å². The third-order valence-electron chi connectivity index (χ3n) is 5.13. The first-order chi connectivity index (χ1) is 16.9. The van der Waals surface area contributed by atoms with E-state index in [9.17, 15) is 12.8 Å². The predicted octanol–water partition coefficient (Wildman–Crippen LogP) is 4.50. The second-order valence-electron chi connectivity index (χ2n) is 7.39. The summed E-state index contributed by atoms with van der Waals surface area (Å²) >= 11 is 0. The summed E-state index contributed by atoms with van der Waals surface area (Å²) in [5.74, 6) is 3.14. The van der Waals surface area contributed by atoms with Crippen molar-refractivity contribution in [3.05, 3.63) is 102 Å². The number of H-pyrrole nitrogens is 1. The number of sulfonamides is 1. The van der Waals surface area contributed by atoms with Crippen LogP contribution in [0.2, 0.25) is 0 Å². The fourth-order valence-electron chi connectivity index (χ4n) is 3.43. The highest BCUT2D eigenvalue weighted by molar-refractivity contribution is 7.92. The lowest BCUT2D eigenvalue weighted by Gasteiger charge is -2.10. The number of fused-ring (bicyclic) bond motifs is 1. The average Bonchev–Trinajstić information content (AvgIpc) is 3.30. The fraction of sp³-hybridized carbons (Fsp3) is 0. The van der Waals surface area contributed by atoms with Crippen molar-refractivity contribution in [3.8, 4) is 23.0 Å². The molecule has 0 saturated heterocycles. The van der Waals surface area contributed by atoms with Gasteiger partial charge in [-0.25, -0.2) is 22.2 Å². The van der Waals surface area contributed by atoms with Gasteiger partial charge in [-0.2, -0.15) is 0 Å². The number of aromatic amines is 1. The van der Waals surface area contributed by atoms with Crippen LogP contribution in [0.5, 0.6) is 0 Å². The van der Waals surface area contributed by atoms with Crippen LogP contribution >= 0.6 is 0 Å². The number of rotatable bonds is 4. The van der Waals surface area contributed by atoms with Gasteiger partial charge in [0.25, 0.3) is 10.0 Å². The van der Waals surface area contributed by atoms with Crippen molar-refractivity contribution in [3.63, 3.8) is 0 Å². The molecule has 0 unspecified atom stereocenters. The molecule has 0 radical (unpaired) electrons. The van der Waals surface area contributed by atoms with Crippen LogP contribution in [0.1, 0.15) is 11.1 Å². The van der Waals surface area contributed by atoms with Crippen molar-refractivity contribution in [2.45, 2.75) is 4.90 Å². The van der Waals surface area contributed by atoms with E-state index >= 15 is 4.39 Å². The topological polar surface area (TPSA) is 101 Å². The minimum Gasteiger partial charge on any atom is -0.346 e. The molecule has 5 aromatic rings. The van der Waals surface area contributed by atoms with Crippen LogP contribution in [0.15, 0.2) is 84.5 Å². The zero-order chi connectivity index (χ0) is 24.4. The number of pyridine rings is 3. The van der Waals surface area contributed by atoms with Crippen molar-refractivity contribution in [1.82, 2.24) is 19.9 Å². The molecule has 4 heterocycles. The van der Waals surface area contributed by atoms with E-state index in [0.29, 0.717) is 11.2 Å². The SMILES string of the molecule is O=S(=O)(Nc1ccc(F)c(C#Cc2cnc3[nH]cc(-c4ccncc4)c3c2)c1F)c1cccnc1. The van der Waals surface area contributed by atoms with E-state index in [-0.39, 0.29) is 4.90 Å². The molecule has 10 heteroatoms. The Balaban J connectivity index is 1.50. The Labute approximate surface area is 199 Å². The maximum Gasteiger partial charge on any atom is 0.263 e. The summed E-state index contributed by atoms with van der Waals surface area (Å²) in [6, 6.07) is 10.1. The van der Waals surface area contributed by atoms with E-state index in [4.69, 9.17) is 0 Å². The molecule has 7 nitrogen and oxygen atoms in total. The Hall–Kier alpha value is -4.62. The molecule has 0 bridgehead atoms. The second kappa shape index (κ2) is 8.96. The fourth-order valence-corrected chi connectivity index (χ4v) is 4.45. The van der Waals surface area contributed by atoms with Crippen LogP contribution in [0, 0.1) is 23.5 Å². The number of benzene rings is 1. The van der Waals surface area contributed by atoms with Crippen molar-refractivity contribution < 1.29 is 17.2 Å². The summed E-state index contributed by atoms with van der Waals surface area (Å²) in [7, 11) is -4.12. The molecule has 4 aromatic heterocycles. The smallest absolute Gasteiger partial charge is 0.263 e. The number of aromatic nitrogens is 4. The van der Waals surface area contributed by atoms with E-state index in [1.165, 1.54) is 24.5 Å². The Morgan fingerprint density at radius 1 is 0.943 bits per heavy atom. The maximum absolute atomic E-state index is 15.1. The molecule has 172 valence electrons. The minimum absolute atomic E-state index is 0.160. The highest BCUT2D eigenvalue weighted by Crippen LogP contribution is 2.28. The van der Waals surface area contributed by atoms with Gasteiger partial charge in [-0.3, -0.25) is 14.7 Å². The summed E-state index contributed by atoms with van der Waals surface area (Å²) in [6.45, 7) is 0. The highest BCUT2D eigenvalue weighted by Gasteiger charge is 2.19. The monoisotopic (exact) mass is 487 g/mol. The highest BCUT2D eigenvalue weighted by atomic mass is 32.2. The standard InChI is InChI=1S/C25H15F2N5O2S/c26-22-5-6-23(32-35(33,34)18-2-1-9-29-14-18)24(27)19(22)4-3-16-12-20-21(15-31-25(20)30-13-16)17-7-10-28-11-8-17/h1-2,5-15,32H,(H,30,31). The average molecular weight is 487 g/mol. The molecule has 5 rings (SSSR count). The Morgan fingerprint density at radius 3 is 2.54 bits per heavy atom. The molecule has 0 fully saturated rings. The van der Waals surface area contributed by atoms with Gasteiger partial charge in [0.05, 0.1) is 11.3 Å². The van der Waals surface area contributed by atoms with Gasteiger partial charge in [0.2, 0.25) is 0 Å². The number of nitrogens with one attached hydrogen (secondary N) is 2. The van der Waals surface area contributed by atoms with E-state index in [1.807, 2.05) is 12.1 Å². The van der Waals surface area contributed by atoms with E-state index < -0.39 is 32.9 Å². The summed E-state index contributed by atoms with van der Waals surface area (Å²) in [5.41, 5.74) is 1.85. The Bertz CT molecular complexity index is 1710. The zero-order valence-corrected chi connectivity index (χ0v) is 18.6. The first-order valence-electron chi connectivity index (χ1n) is 10.2. The van der Waals surface area contributed by atoms with Crippen molar-refractivity contribution in [2.75, 3.05) is 4.72 Å². The second-order valence-corrected chi connectivity index (χ2v) is 9.07. The van der Waals surface area contributed by atoms with Gasteiger partial charge < -0.3 is 4.98 Å². The van der Waals surface area contributed by atoms with Crippen molar-refractivity contribution >= 4 is 26.7 Å². The van der Waals surface area contributed by atoms with Crippen molar-refractivity contribution in [2.24, 2.45) is 0 Å². The molecule has 0 aliphatic carbocycles. The predicted molar refractivity (Wildman–Crippen MR) is 127 cm³/mol. The third-order valence-corrected chi connectivity index (χ3v) is 6.49. The van der Waals surface area contributed by atoms with Crippen LogP contribution in [-0.2, 0) is 10.0 Å². The van der Waals surface area contributed by atoms with Crippen LogP contribution in [0.25, 0.3) is 22.2 Å². The third kappa shape index (κ3) is 4.45.